The Morgan fingerprint density at radius 3 is 2.48 bits per heavy atom. The van der Waals surface area contributed by atoms with Crippen molar-refractivity contribution in [3.8, 4) is 11.5 Å². The summed E-state index contributed by atoms with van der Waals surface area (Å²) in [5, 5.41) is 4.41. The van der Waals surface area contributed by atoms with E-state index < -0.39 is 10.0 Å². The monoisotopic (exact) mass is 367 g/mol. The maximum Gasteiger partial charge on any atom is 0.244 e. The summed E-state index contributed by atoms with van der Waals surface area (Å²) in [6, 6.07) is 6.68. The van der Waals surface area contributed by atoms with Gasteiger partial charge in [-0.2, -0.15) is 5.10 Å². The Morgan fingerprint density at radius 1 is 1.20 bits per heavy atom. The second-order valence-electron chi connectivity index (χ2n) is 6.08. The van der Waals surface area contributed by atoms with Crippen LogP contribution in [0.1, 0.15) is 18.3 Å². The lowest BCUT2D eigenvalue weighted by molar-refractivity contribution is 0.391. The van der Waals surface area contributed by atoms with Crippen molar-refractivity contribution < 1.29 is 17.9 Å². The maximum absolute atomic E-state index is 12.6. The van der Waals surface area contributed by atoms with Crippen LogP contribution in [0.4, 0.5) is 0 Å². The Bertz CT molecular complexity index is 830. The summed E-state index contributed by atoms with van der Waals surface area (Å²) < 4.78 is 40.1. The molecule has 0 aliphatic carbocycles. The predicted octanol–water partition coefficient (Wildman–Crippen LogP) is 2.13. The zero-order chi connectivity index (χ0) is 18.6. The van der Waals surface area contributed by atoms with Crippen molar-refractivity contribution in [3.63, 3.8) is 0 Å². The quantitative estimate of drug-likeness (QED) is 0.773. The first-order valence-electron chi connectivity index (χ1n) is 7.99. The van der Waals surface area contributed by atoms with Crippen molar-refractivity contribution in [2.75, 3.05) is 20.8 Å². The molecule has 7 nitrogen and oxygen atoms in total. The average Bonchev–Trinajstić information content (AvgIpc) is 2.89. The van der Waals surface area contributed by atoms with Crippen LogP contribution < -0.4 is 14.2 Å². The highest BCUT2D eigenvalue weighted by atomic mass is 32.2. The summed E-state index contributed by atoms with van der Waals surface area (Å²) >= 11 is 0. The largest absolute Gasteiger partial charge is 0.497 e. The van der Waals surface area contributed by atoms with Gasteiger partial charge >= 0.3 is 0 Å². The molecule has 1 heterocycles. The van der Waals surface area contributed by atoms with Gasteiger partial charge in [-0.15, -0.1) is 0 Å². The van der Waals surface area contributed by atoms with Gasteiger partial charge in [-0.05, 0) is 38.0 Å². The molecule has 1 aromatic carbocycles. The van der Waals surface area contributed by atoms with E-state index in [2.05, 4.69) is 9.82 Å². The molecule has 1 aromatic heterocycles. The highest BCUT2D eigenvalue weighted by Gasteiger charge is 2.21. The molecule has 0 saturated carbocycles. The summed E-state index contributed by atoms with van der Waals surface area (Å²) in [5.74, 6) is 0.806. The standard InChI is InChI=1S/C17H25N3O4S/c1-12(11-20-14(3)8-13(2)19-20)10-18-25(21,22)17-9-15(23-4)6-7-16(17)24-5/h6-9,12,18H,10-11H2,1-5H3. The smallest absolute Gasteiger partial charge is 0.244 e. The molecule has 2 rings (SSSR count). The number of rotatable bonds is 8. The SMILES string of the molecule is COc1ccc(OC)c(S(=O)(=O)NCC(C)Cn2nc(C)cc2C)c1. The molecule has 25 heavy (non-hydrogen) atoms. The molecule has 0 aliphatic rings. The molecule has 0 spiro atoms. The fourth-order valence-electron chi connectivity index (χ4n) is 2.54. The van der Waals surface area contributed by atoms with E-state index in [0.29, 0.717) is 18.8 Å². The molecule has 1 N–H and O–H groups in total. The van der Waals surface area contributed by atoms with Crippen LogP contribution in [0.3, 0.4) is 0 Å². The molecule has 0 aliphatic heterocycles. The van der Waals surface area contributed by atoms with Crippen LogP contribution in [0.5, 0.6) is 11.5 Å². The first-order chi connectivity index (χ1) is 11.8. The van der Waals surface area contributed by atoms with Gasteiger partial charge in [-0.3, -0.25) is 4.68 Å². The van der Waals surface area contributed by atoms with Crippen LogP contribution in [0.2, 0.25) is 0 Å². The predicted molar refractivity (Wildman–Crippen MR) is 95.6 cm³/mol. The first kappa shape index (κ1) is 19.3. The van der Waals surface area contributed by atoms with Gasteiger partial charge in [-0.1, -0.05) is 6.92 Å². The number of aromatic nitrogens is 2. The van der Waals surface area contributed by atoms with Crippen LogP contribution in [0.15, 0.2) is 29.2 Å². The third-order valence-electron chi connectivity index (χ3n) is 3.87. The number of hydrogen-bond donors (Lipinski definition) is 1. The van der Waals surface area contributed by atoms with Gasteiger partial charge in [0.25, 0.3) is 0 Å². The van der Waals surface area contributed by atoms with Gasteiger partial charge in [-0.25, -0.2) is 13.1 Å². The Balaban J connectivity index is 2.09. The second-order valence-corrected chi connectivity index (χ2v) is 7.82. The number of nitrogens with one attached hydrogen (secondary N) is 1. The topological polar surface area (TPSA) is 82.5 Å². The van der Waals surface area contributed by atoms with E-state index >= 15 is 0 Å². The lowest BCUT2D eigenvalue weighted by Crippen LogP contribution is -2.30. The van der Waals surface area contributed by atoms with Crippen LogP contribution in [0.25, 0.3) is 0 Å². The van der Waals surface area contributed by atoms with Crippen molar-refractivity contribution in [3.05, 3.63) is 35.7 Å². The third-order valence-corrected chi connectivity index (χ3v) is 5.31. The number of hydrogen-bond acceptors (Lipinski definition) is 5. The summed E-state index contributed by atoms with van der Waals surface area (Å²) in [4.78, 5) is 0.0627. The number of sulfonamides is 1. The Labute approximate surface area is 149 Å². The summed E-state index contributed by atoms with van der Waals surface area (Å²) in [6.07, 6.45) is 0. The van der Waals surface area contributed by atoms with Gasteiger partial charge < -0.3 is 9.47 Å². The average molecular weight is 367 g/mol. The molecule has 1 atom stereocenters. The fraction of sp³-hybridized carbons (Fsp3) is 0.471. The zero-order valence-electron chi connectivity index (χ0n) is 15.2. The molecule has 1 unspecified atom stereocenters. The summed E-state index contributed by atoms with van der Waals surface area (Å²) in [7, 11) is -0.788. The van der Waals surface area contributed by atoms with Crippen LogP contribution in [0, 0.1) is 19.8 Å². The molecule has 138 valence electrons. The van der Waals surface area contributed by atoms with Crippen molar-refractivity contribution in [2.24, 2.45) is 5.92 Å². The molecular weight excluding hydrogens is 342 g/mol. The van der Waals surface area contributed by atoms with Crippen LogP contribution in [-0.4, -0.2) is 39.0 Å². The van der Waals surface area contributed by atoms with E-state index in [9.17, 15) is 8.42 Å². The van der Waals surface area contributed by atoms with Crippen LogP contribution in [-0.2, 0) is 16.6 Å². The lowest BCUT2D eigenvalue weighted by Gasteiger charge is -2.16. The van der Waals surface area contributed by atoms with Crippen molar-refractivity contribution >= 4 is 10.0 Å². The highest BCUT2D eigenvalue weighted by Crippen LogP contribution is 2.28. The van der Waals surface area contributed by atoms with Gasteiger partial charge in [0.05, 0.1) is 19.9 Å². The van der Waals surface area contributed by atoms with Crippen molar-refractivity contribution in [2.45, 2.75) is 32.2 Å². The number of nitrogens with zero attached hydrogens (tertiary/aromatic N) is 2. The minimum absolute atomic E-state index is 0.0627. The van der Waals surface area contributed by atoms with Crippen molar-refractivity contribution in [1.82, 2.24) is 14.5 Å². The minimum atomic E-state index is -3.71. The molecule has 0 radical (unpaired) electrons. The maximum atomic E-state index is 12.6. The number of benzene rings is 1. The third kappa shape index (κ3) is 4.73. The molecular formula is C17H25N3O4S. The molecule has 0 fully saturated rings. The first-order valence-corrected chi connectivity index (χ1v) is 9.48. The second kappa shape index (κ2) is 7.88. The number of ether oxygens (including phenoxy) is 2. The Morgan fingerprint density at radius 2 is 1.92 bits per heavy atom. The molecule has 0 saturated heterocycles. The van der Waals surface area contributed by atoms with Gasteiger partial charge in [0.2, 0.25) is 10.0 Å². The number of methoxy groups -OCH3 is 2. The van der Waals surface area contributed by atoms with E-state index in [1.54, 1.807) is 12.1 Å². The van der Waals surface area contributed by atoms with Gasteiger partial charge in [0.15, 0.2) is 0 Å². The summed E-state index contributed by atoms with van der Waals surface area (Å²) in [5.41, 5.74) is 2.01. The lowest BCUT2D eigenvalue weighted by atomic mass is 10.2. The molecule has 0 bridgehead atoms. The fourth-order valence-corrected chi connectivity index (χ4v) is 3.89. The summed E-state index contributed by atoms with van der Waals surface area (Å²) in [6.45, 7) is 6.82. The van der Waals surface area contributed by atoms with E-state index in [0.717, 1.165) is 11.4 Å². The zero-order valence-corrected chi connectivity index (χ0v) is 16.1. The molecule has 2 aromatic rings. The normalized spacial score (nSPS) is 12.8. The Hall–Kier alpha value is -2.06. The van der Waals surface area contributed by atoms with E-state index in [1.165, 1.54) is 20.3 Å². The number of aryl methyl sites for hydroxylation is 2. The van der Waals surface area contributed by atoms with E-state index in [4.69, 9.17) is 9.47 Å². The highest BCUT2D eigenvalue weighted by molar-refractivity contribution is 7.89. The molecule has 8 heteroatoms. The molecule has 0 amide bonds. The van der Waals surface area contributed by atoms with Gasteiger partial charge in [0.1, 0.15) is 16.4 Å². The van der Waals surface area contributed by atoms with Crippen LogP contribution >= 0.6 is 0 Å². The van der Waals surface area contributed by atoms with E-state index in [1.807, 2.05) is 31.5 Å². The van der Waals surface area contributed by atoms with Gasteiger partial charge in [0, 0.05) is 24.8 Å². The van der Waals surface area contributed by atoms with E-state index in [-0.39, 0.29) is 16.6 Å². The van der Waals surface area contributed by atoms with Crippen molar-refractivity contribution in [1.29, 1.82) is 0 Å². The minimum Gasteiger partial charge on any atom is -0.497 e. The Kier molecular flexibility index (Phi) is 6.07.